The maximum atomic E-state index is 5.12. The topological polar surface area (TPSA) is 24.5 Å². The zero-order chi connectivity index (χ0) is 7.40. The maximum Gasteiger partial charge on any atom is 1.00 e. The number of hydrogen-bond acceptors (Lipinski definition) is 4. The summed E-state index contributed by atoms with van der Waals surface area (Å²) < 4.78 is 5.53. The molecule has 0 aromatic carbocycles. The first-order valence-electron chi connectivity index (χ1n) is 3.09. The molecule has 0 aliphatic carbocycles. The summed E-state index contributed by atoms with van der Waals surface area (Å²) in [5.74, 6) is 0. The molecule has 6 heteroatoms. The van der Waals surface area contributed by atoms with E-state index in [2.05, 4.69) is 5.43 Å². The van der Waals surface area contributed by atoms with Crippen LogP contribution in [0.4, 0.5) is 0 Å². The number of thiocarbonyl (C=S) groups is 1. The van der Waals surface area contributed by atoms with Crippen molar-refractivity contribution in [1.29, 1.82) is 0 Å². The van der Waals surface area contributed by atoms with Crippen LogP contribution in [0, 0.1) is 0 Å². The molecule has 1 aliphatic rings. The van der Waals surface area contributed by atoms with E-state index in [0.717, 1.165) is 26.3 Å². The number of nitrogens with one attached hydrogen (secondary N) is 1. The molecule has 11 heavy (non-hydrogen) atoms. The van der Waals surface area contributed by atoms with E-state index >= 15 is 0 Å². The third kappa shape index (κ3) is 4.96. The summed E-state index contributed by atoms with van der Waals surface area (Å²) in [5, 5.41) is 1.97. The van der Waals surface area contributed by atoms with E-state index in [4.69, 9.17) is 29.6 Å². The molecule has 0 unspecified atom stereocenters. The Hall–Kier alpha value is 0.627. The van der Waals surface area contributed by atoms with Crippen LogP contribution < -0.4 is 24.3 Å². The fourth-order valence-corrected chi connectivity index (χ4v) is 1.06. The molecule has 1 fully saturated rings. The van der Waals surface area contributed by atoms with Gasteiger partial charge in [-0.1, -0.05) is 0 Å². The van der Waals surface area contributed by atoms with Crippen LogP contribution in [0.25, 0.3) is 0 Å². The fourth-order valence-electron chi connectivity index (χ4n) is 0.804. The average molecular weight is 184 g/mol. The van der Waals surface area contributed by atoms with Crippen molar-refractivity contribution in [3.05, 3.63) is 0 Å². The molecule has 0 amide bonds. The molecule has 1 N–H and O–H groups in total. The molecular formula is C5H9LiN2OS2. The van der Waals surface area contributed by atoms with Gasteiger partial charge in [-0.05, 0) is 4.32 Å². The Morgan fingerprint density at radius 1 is 1.45 bits per heavy atom. The van der Waals surface area contributed by atoms with E-state index in [1.807, 2.05) is 5.01 Å². The van der Waals surface area contributed by atoms with Crippen LogP contribution in [0.1, 0.15) is 0 Å². The van der Waals surface area contributed by atoms with Gasteiger partial charge >= 0.3 is 18.9 Å². The standard InChI is InChI=1S/C5H10N2OS2.Li/c9-5(10)6-7-1-3-8-4-2-7;/h1-4H2,(H2,6,9,10);/q;+1/p-1. The number of hydrogen-bond donors (Lipinski definition) is 1. The van der Waals surface area contributed by atoms with Gasteiger partial charge < -0.3 is 35.0 Å². The zero-order valence-electron chi connectivity index (χ0n) is 6.50. The van der Waals surface area contributed by atoms with Crippen LogP contribution in [0.2, 0.25) is 0 Å². The summed E-state index contributed by atoms with van der Waals surface area (Å²) >= 11 is 9.40. The van der Waals surface area contributed by atoms with Crippen molar-refractivity contribution in [2.24, 2.45) is 0 Å². The Balaban J connectivity index is 0.000001000. The summed E-state index contributed by atoms with van der Waals surface area (Å²) in [4.78, 5) is 0. The summed E-state index contributed by atoms with van der Waals surface area (Å²) in [6.07, 6.45) is 0. The minimum absolute atomic E-state index is 0. The van der Waals surface area contributed by atoms with Gasteiger partial charge in [0.05, 0.1) is 13.2 Å². The van der Waals surface area contributed by atoms with E-state index in [-0.39, 0.29) is 18.9 Å². The van der Waals surface area contributed by atoms with Gasteiger partial charge in [0.2, 0.25) is 0 Å². The Labute approximate surface area is 89.4 Å². The van der Waals surface area contributed by atoms with Crippen LogP contribution in [0.5, 0.6) is 0 Å². The monoisotopic (exact) mass is 184 g/mol. The second-order valence-electron chi connectivity index (χ2n) is 2.00. The Morgan fingerprint density at radius 3 is 2.45 bits per heavy atom. The summed E-state index contributed by atoms with van der Waals surface area (Å²) in [5.41, 5.74) is 2.88. The van der Waals surface area contributed by atoms with Crippen molar-refractivity contribution >= 4 is 29.2 Å². The molecule has 0 spiro atoms. The van der Waals surface area contributed by atoms with Crippen molar-refractivity contribution < 1.29 is 23.6 Å². The molecule has 1 heterocycles. The molecule has 1 saturated heterocycles. The van der Waals surface area contributed by atoms with Gasteiger partial charge in [0, 0.05) is 13.1 Å². The summed E-state index contributed by atoms with van der Waals surface area (Å²) in [6.45, 7) is 3.23. The van der Waals surface area contributed by atoms with Gasteiger partial charge in [-0.15, -0.1) is 0 Å². The second kappa shape index (κ2) is 6.18. The molecule has 0 bridgehead atoms. The van der Waals surface area contributed by atoms with Crippen LogP contribution in [-0.2, 0) is 17.4 Å². The molecule has 58 valence electrons. The maximum absolute atomic E-state index is 5.12. The Bertz CT molecular complexity index is 130. The van der Waals surface area contributed by atoms with Crippen LogP contribution >= 0.6 is 12.2 Å². The van der Waals surface area contributed by atoms with Gasteiger partial charge in [-0.2, -0.15) is 0 Å². The van der Waals surface area contributed by atoms with E-state index < -0.39 is 0 Å². The third-order valence-electron chi connectivity index (χ3n) is 1.26. The first kappa shape index (κ1) is 11.6. The predicted molar refractivity (Wildman–Crippen MR) is 45.5 cm³/mol. The molecule has 0 radical (unpaired) electrons. The van der Waals surface area contributed by atoms with Crippen molar-refractivity contribution in [2.75, 3.05) is 26.3 Å². The van der Waals surface area contributed by atoms with Crippen LogP contribution in [0.15, 0.2) is 0 Å². The van der Waals surface area contributed by atoms with Gasteiger partial charge in [0.1, 0.15) is 0 Å². The van der Waals surface area contributed by atoms with Gasteiger partial charge in [0.15, 0.2) is 0 Å². The van der Waals surface area contributed by atoms with Crippen molar-refractivity contribution in [3.8, 4) is 0 Å². The van der Waals surface area contributed by atoms with E-state index in [1.54, 1.807) is 0 Å². The number of hydrazine groups is 1. The van der Waals surface area contributed by atoms with E-state index in [9.17, 15) is 0 Å². The minimum Gasteiger partial charge on any atom is -0.410 e. The van der Waals surface area contributed by atoms with Crippen LogP contribution in [0.3, 0.4) is 0 Å². The first-order valence-corrected chi connectivity index (χ1v) is 3.91. The number of ether oxygens (including phenoxy) is 1. The normalized spacial score (nSPS) is 18.5. The SMILES string of the molecule is S=C([S-])NN1CCOCC1.[Li+]. The quantitative estimate of drug-likeness (QED) is 0.261. The van der Waals surface area contributed by atoms with Crippen molar-refractivity contribution in [2.45, 2.75) is 0 Å². The summed E-state index contributed by atoms with van der Waals surface area (Å²) in [6, 6.07) is 0. The predicted octanol–water partition coefficient (Wildman–Crippen LogP) is -3.34. The third-order valence-corrected chi connectivity index (χ3v) is 1.44. The molecule has 0 atom stereocenters. The Kier molecular flexibility index (Phi) is 6.53. The largest absolute Gasteiger partial charge is 1.00 e. The molecular weight excluding hydrogens is 175 g/mol. The van der Waals surface area contributed by atoms with Gasteiger partial charge in [-0.25, -0.2) is 5.01 Å². The smallest absolute Gasteiger partial charge is 0.410 e. The average Bonchev–Trinajstić information content (AvgIpc) is 1.88. The van der Waals surface area contributed by atoms with E-state index in [0.29, 0.717) is 4.32 Å². The van der Waals surface area contributed by atoms with Crippen molar-refractivity contribution in [1.82, 2.24) is 10.4 Å². The molecule has 0 saturated carbocycles. The fraction of sp³-hybridized carbons (Fsp3) is 0.800. The first-order chi connectivity index (χ1) is 4.79. The number of morpholine rings is 1. The Morgan fingerprint density at radius 2 is 2.00 bits per heavy atom. The molecule has 3 nitrogen and oxygen atoms in total. The van der Waals surface area contributed by atoms with Gasteiger partial charge in [-0.3, -0.25) is 0 Å². The molecule has 0 aromatic rings. The van der Waals surface area contributed by atoms with Gasteiger partial charge in [0.25, 0.3) is 0 Å². The minimum atomic E-state index is 0. The zero-order valence-corrected chi connectivity index (χ0v) is 8.13. The molecule has 0 aromatic heterocycles. The summed E-state index contributed by atoms with van der Waals surface area (Å²) in [7, 11) is 0. The second-order valence-corrected chi connectivity index (χ2v) is 3.07. The molecule has 1 rings (SSSR count). The van der Waals surface area contributed by atoms with Crippen LogP contribution in [-0.4, -0.2) is 35.6 Å². The van der Waals surface area contributed by atoms with Crippen molar-refractivity contribution in [3.63, 3.8) is 0 Å². The molecule has 1 aliphatic heterocycles. The number of nitrogens with zero attached hydrogens (tertiary/aromatic N) is 1. The number of rotatable bonds is 1. The van der Waals surface area contributed by atoms with E-state index in [1.165, 1.54) is 0 Å².